The lowest BCUT2D eigenvalue weighted by molar-refractivity contribution is 0.0131. The van der Waals surface area contributed by atoms with E-state index in [0.717, 1.165) is 5.39 Å². The van der Waals surface area contributed by atoms with Crippen molar-refractivity contribution in [3.8, 4) is 0 Å². The number of aliphatic hydroxyl groups is 2. The van der Waals surface area contributed by atoms with Crippen LogP contribution in [-0.2, 0) is 4.74 Å². The molecular formula is C18H23ClN2O4. The van der Waals surface area contributed by atoms with Gasteiger partial charge in [-0.05, 0) is 51.0 Å². The van der Waals surface area contributed by atoms with E-state index in [1.54, 1.807) is 51.2 Å². The van der Waals surface area contributed by atoms with Crippen molar-refractivity contribution < 1.29 is 19.7 Å². The molecule has 3 N–H and O–H groups in total. The fourth-order valence-corrected chi connectivity index (χ4v) is 2.57. The Labute approximate surface area is 151 Å². The van der Waals surface area contributed by atoms with Crippen LogP contribution >= 0.6 is 11.6 Å². The summed E-state index contributed by atoms with van der Waals surface area (Å²) in [6.45, 7) is 5.49. The predicted octanol–water partition coefficient (Wildman–Crippen LogP) is 3.20. The summed E-state index contributed by atoms with van der Waals surface area (Å²) in [5.74, 6) is 0. The van der Waals surface area contributed by atoms with Gasteiger partial charge in [0.2, 0.25) is 0 Å². The zero-order valence-electron chi connectivity index (χ0n) is 14.5. The number of hydrogen-bond acceptors (Lipinski definition) is 5. The summed E-state index contributed by atoms with van der Waals surface area (Å²) in [7, 11) is 0. The molecule has 1 aromatic heterocycles. The molecule has 0 spiro atoms. The Morgan fingerprint density at radius 1 is 1.32 bits per heavy atom. The monoisotopic (exact) mass is 366 g/mol. The maximum Gasteiger partial charge on any atom is 0.407 e. The molecule has 0 aliphatic heterocycles. The van der Waals surface area contributed by atoms with Crippen molar-refractivity contribution in [2.45, 2.75) is 45.0 Å². The van der Waals surface area contributed by atoms with Gasteiger partial charge in [-0.25, -0.2) is 4.79 Å². The normalized spacial score (nSPS) is 14.2. The van der Waals surface area contributed by atoms with E-state index in [2.05, 4.69) is 10.3 Å². The zero-order valence-corrected chi connectivity index (χ0v) is 15.2. The molecule has 2 atom stereocenters. The van der Waals surface area contributed by atoms with Crippen LogP contribution in [0.2, 0.25) is 5.02 Å². The molecule has 6 nitrogen and oxygen atoms in total. The lowest BCUT2D eigenvalue weighted by Gasteiger charge is -2.21. The molecule has 7 heteroatoms. The quantitative estimate of drug-likeness (QED) is 0.755. The van der Waals surface area contributed by atoms with Gasteiger partial charge in [0.1, 0.15) is 11.7 Å². The van der Waals surface area contributed by atoms with Gasteiger partial charge in [0.05, 0.1) is 11.6 Å². The number of nitrogens with zero attached hydrogens (tertiary/aromatic N) is 1. The second-order valence-corrected chi connectivity index (χ2v) is 7.23. The Hall–Kier alpha value is -1.89. The van der Waals surface area contributed by atoms with E-state index < -0.39 is 23.9 Å². The van der Waals surface area contributed by atoms with Crippen molar-refractivity contribution >= 4 is 28.6 Å². The number of amides is 1. The minimum Gasteiger partial charge on any atom is -0.444 e. The lowest BCUT2D eigenvalue weighted by atomic mass is 9.98. The molecule has 1 aromatic carbocycles. The fourth-order valence-electron chi connectivity index (χ4n) is 2.40. The first-order valence-corrected chi connectivity index (χ1v) is 8.42. The summed E-state index contributed by atoms with van der Waals surface area (Å²) in [5, 5.41) is 24.5. The molecule has 0 bridgehead atoms. The van der Waals surface area contributed by atoms with E-state index in [1.807, 2.05) is 0 Å². The highest BCUT2D eigenvalue weighted by Gasteiger charge is 2.21. The molecule has 136 valence electrons. The average Bonchev–Trinajstić information content (AvgIpc) is 2.51. The first kappa shape index (κ1) is 19.4. The van der Waals surface area contributed by atoms with Gasteiger partial charge < -0.3 is 20.3 Å². The van der Waals surface area contributed by atoms with E-state index in [1.165, 1.54) is 0 Å². The molecule has 2 aromatic rings. The first-order valence-electron chi connectivity index (χ1n) is 8.04. The van der Waals surface area contributed by atoms with E-state index in [-0.39, 0.29) is 13.0 Å². The molecule has 25 heavy (non-hydrogen) atoms. The predicted molar refractivity (Wildman–Crippen MR) is 96.6 cm³/mol. The van der Waals surface area contributed by atoms with Gasteiger partial charge in [0.25, 0.3) is 0 Å². The van der Waals surface area contributed by atoms with Crippen LogP contribution in [0.15, 0.2) is 30.5 Å². The second-order valence-electron chi connectivity index (χ2n) is 6.79. The number of benzene rings is 1. The van der Waals surface area contributed by atoms with Crippen LogP contribution < -0.4 is 5.32 Å². The molecule has 2 unspecified atom stereocenters. The molecule has 0 aliphatic rings. The number of halogens is 1. The Bertz CT molecular complexity index is 745. The molecule has 1 heterocycles. The number of aliphatic hydroxyl groups excluding tert-OH is 2. The third kappa shape index (κ3) is 5.56. The Morgan fingerprint density at radius 3 is 2.72 bits per heavy atom. The number of carbonyl (C=O) groups excluding carboxylic acids is 1. The number of nitrogens with one attached hydrogen (secondary N) is 1. The van der Waals surface area contributed by atoms with Crippen LogP contribution in [0.3, 0.4) is 0 Å². The van der Waals surface area contributed by atoms with Gasteiger partial charge in [0, 0.05) is 23.2 Å². The highest BCUT2D eigenvalue weighted by molar-refractivity contribution is 6.31. The lowest BCUT2D eigenvalue weighted by Crippen LogP contribution is -2.34. The molecule has 1 amide bonds. The maximum absolute atomic E-state index is 11.6. The third-order valence-electron chi connectivity index (χ3n) is 3.53. The number of hydrogen-bond donors (Lipinski definition) is 3. The fraction of sp³-hybridized carbons (Fsp3) is 0.444. The van der Waals surface area contributed by atoms with Crippen molar-refractivity contribution in [3.63, 3.8) is 0 Å². The van der Waals surface area contributed by atoms with Crippen LogP contribution in [-0.4, -0.2) is 39.5 Å². The minimum atomic E-state index is -1.10. The third-order valence-corrected chi connectivity index (χ3v) is 3.77. The molecular weight excluding hydrogens is 344 g/mol. The highest BCUT2D eigenvalue weighted by atomic mass is 35.5. The smallest absolute Gasteiger partial charge is 0.407 e. The Kier molecular flexibility index (Phi) is 6.21. The molecule has 2 rings (SSSR count). The number of carbonyl (C=O) groups is 1. The van der Waals surface area contributed by atoms with Crippen molar-refractivity contribution in [2.75, 3.05) is 6.54 Å². The summed E-state index contributed by atoms with van der Waals surface area (Å²) in [4.78, 5) is 15.8. The van der Waals surface area contributed by atoms with Gasteiger partial charge in [-0.2, -0.15) is 0 Å². The first-order chi connectivity index (χ1) is 11.7. The standard InChI is InChI=1S/C18H23ClN2O4/c1-18(2,3)25-17(24)21-9-7-15(22)16(23)13-6-8-20-14-10-11(19)4-5-12(13)14/h4-6,8,10,15-16,22-23H,7,9H2,1-3H3,(H,21,24). The van der Waals surface area contributed by atoms with E-state index in [4.69, 9.17) is 16.3 Å². The number of rotatable bonds is 5. The van der Waals surface area contributed by atoms with Gasteiger partial charge in [-0.3, -0.25) is 4.98 Å². The number of pyridine rings is 1. The van der Waals surface area contributed by atoms with Crippen molar-refractivity contribution in [1.29, 1.82) is 0 Å². The maximum atomic E-state index is 11.6. The number of fused-ring (bicyclic) bond motifs is 1. The summed E-state index contributed by atoms with van der Waals surface area (Å²) in [5.41, 5.74) is 0.619. The summed E-state index contributed by atoms with van der Waals surface area (Å²) >= 11 is 5.95. The van der Waals surface area contributed by atoms with Gasteiger partial charge in [-0.1, -0.05) is 17.7 Å². The SMILES string of the molecule is CC(C)(C)OC(=O)NCCC(O)C(O)c1ccnc2cc(Cl)ccc12. The van der Waals surface area contributed by atoms with E-state index in [0.29, 0.717) is 16.1 Å². The molecule has 0 saturated carbocycles. The largest absolute Gasteiger partial charge is 0.444 e. The van der Waals surface area contributed by atoms with Crippen LogP contribution in [0.25, 0.3) is 10.9 Å². The van der Waals surface area contributed by atoms with Crippen molar-refractivity contribution in [3.05, 3.63) is 41.0 Å². The average molecular weight is 367 g/mol. The number of aromatic nitrogens is 1. The molecule has 0 saturated heterocycles. The summed E-state index contributed by atoms with van der Waals surface area (Å²) in [6, 6.07) is 6.82. The topological polar surface area (TPSA) is 91.7 Å². The van der Waals surface area contributed by atoms with Crippen molar-refractivity contribution in [2.24, 2.45) is 0 Å². The minimum absolute atomic E-state index is 0.178. The summed E-state index contributed by atoms with van der Waals surface area (Å²) in [6.07, 6.45) is -0.970. The highest BCUT2D eigenvalue weighted by Crippen LogP contribution is 2.27. The van der Waals surface area contributed by atoms with Crippen LogP contribution in [0.1, 0.15) is 38.9 Å². The van der Waals surface area contributed by atoms with Gasteiger partial charge in [0.15, 0.2) is 0 Å². The number of ether oxygens (including phenoxy) is 1. The Morgan fingerprint density at radius 2 is 2.04 bits per heavy atom. The molecule has 0 fully saturated rings. The van der Waals surface area contributed by atoms with E-state index >= 15 is 0 Å². The van der Waals surface area contributed by atoms with Crippen molar-refractivity contribution in [1.82, 2.24) is 10.3 Å². The van der Waals surface area contributed by atoms with Gasteiger partial charge >= 0.3 is 6.09 Å². The second kappa shape index (κ2) is 7.99. The zero-order chi connectivity index (χ0) is 18.6. The Balaban J connectivity index is 1.99. The number of alkyl carbamates (subject to hydrolysis) is 1. The van der Waals surface area contributed by atoms with Gasteiger partial charge in [-0.15, -0.1) is 0 Å². The van der Waals surface area contributed by atoms with Crippen LogP contribution in [0.5, 0.6) is 0 Å². The van der Waals surface area contributed by atoms with Crippen LogP contribution in [0, 0.1) is 0 Å². The van der Waals surface area contributed by atoms with Crippen LogP contribution in [0.4, 0.5) is 4.79 Å². The molecule has 0 radical (unpaired) electrons. The summed E-state index contributed by atoms with van der Waals surface area (Å²) < 4.78 is 5.12. The van der Waals surface area contributed by atoms with E-state index in [9.17, 15) is 15.0 Å². The molecule has 0 aliphatic carbocycles.